The number of halogens is 3. The van der Waals surface area contributed by atoms with Gasteiger partial charge < -0.3 is 50.0 Å². The third-order valence-electron chi connectivity index (χ3n) is 4.61. The van der Waals surface area contributed by atoms with Crippen LogP contribution in [0.1, 0.15) is 0 Å². The SMILES string of the molecule is O=NCC1OCC(O)(OC2C(CO)OC(O)(C(F)(F)F)C(O)C2O)C(O)C1O. The van der Waals surface area contributed by atoms with Crippen LogP contribution in [-0.4, -0.2) is 116 Å². The monoisotopic (exact) mass is 423 g/mol. The smallest absolute Gasteiger partial charge is 0.394 e. The molecule has 0 aromatic heterocycles. The van der Waals surface area contributed by atoms with E-state index in [9.17, 15) is 53.8 Å². The molecule has 2 rings (SSSR count). The quantitative estimate of drug-likeness (QED) is 0.170. The average Bonchev–Trinajstić information content (AvgIpc) is 2.62. The first kappa shape index (κ1) is 23.3. The summed E-state index contributed by atoms with van der Waals surface area (Å²) < 4.78 is 53.2. The maximum atomic E-state index is 13.0. The molecule has 164 valence electrons. The highest BCUT2D eigenvalue weighted by molar-refractivity contribution is 5.02. The molecule has 0 saturated carbocycles. The molecule has 0 spiro atoms. The molecule has 0 bridgehead atoms. The summed E-state index contributed by atoms with van der Waals surface area (Å²) >= 11 is 0. The van der Waals surface area contributed by atoms with Crippen LogP contribution in [0.2, 0.25) is 0 Å². The third kappa shape index (κ3) is 3.87. The Morgan fingerprint density at radius 3 is 2.18 bits per heavy atom. The number of alkyl halides is 3. The number of rotatable bonds is 5. The molecule has 0 aliphatic carbocycles. The van der Waals surface area contributed by atoms with Crippen molar-refractivity contribution in [2.45, 2.75) is 60.5 Å². The molecule has 2 saturated heterocycles. The first-order valence-corrected chi connectivity index (χ1v) is 7.93. The van der Waals surface area contributed by atoms with Crippen LogP contribution >= 0.6 is 0 Å². The molecular weight excluding hydrogens is 403 g/mol. The van der Waals surface area contributed by atoms with E-state index in [-0.39, 0.29) is 0 Å². The number of aliphatic hydroxyl groups is 7. The summed E-state index contributed by atoms with van der Waals surface area (Å²) in [4.78, 5) is 10.3. The van der Waals surface area contributed by atoms with E-state index >= 15 is 0 Å². The van der Waals surface area contributed by atoms with Gasteiger partial charge in [-0.3, -0.25) is 0 Å². The average molecular weight is 423 g/mol. The Morgan fingerprint density at radius 1 is 1.07 bits per heavy atom. The molecule has 2 aliphatic heterocycles. The molecule has 2 heterocycles. The van der Waals surface area contributed by atoms with Crippen molar-refractivity contribution in [3.8, 4) is 0 Å². The van der Waals surface area contributed by atoms with Gasteiger partial charge in [0.2, 0.25) is 5.79 Å². The number of hydrogen-bond acceptors (Lipinski definition) is 12. The summed E-state index contributed by atoms with van der Waals surface area (Å²) in [6.45, 7) is -2.79. The Hall–Kier alpha value is -1.01. The number of ether oxygens (including phenoxy) is 3. The molecule has 7 N–H and O–H groups in total. The number of nitrogens with zero attached hydrogens (tertiary/aromatic N) is 1. The fourth-order valence-electron chi connectivity index (χ4n) is 2.97. The molecule has 15 heteroatoms. The Labute approximate surface area is 154 Å². The summed E-state index contributed by atoms with van der Waals surface area (Å²) in [5.41, 5.74) is 0. The van der Waals surface area contributed by atoms with Crippen molar-refractivity contribution < 1.29 is 63.1 Å². The van der Waals surface area contributed by atoms with Crippen molar-refractivity contribution >= 4 is 0 Å². The van der Waals surface area contributed by atoms with Crippen LogP contribution < -0.4 is 0 Å². The van der Waals surface area contributed by atoms with Gasteiger partial charge in [-0.15, -0.1) is 0 Å². The van der Waals surface area contributed by atoms with E-state index in [2.05, 4.69) is 9.91 Å². The lowest BCUT2D eigenvalue weighted by Crippen LogP contribution is -2.73. The first-order valence-electron chi connectivity index (χ1n) is 7.93. The zero-order chi connectivity index (χ0) is 21.5. The number of nitroso groups, excluding NO2 is 1. The predicted octanol–water partition coefficient (Wildman–Crippen LogP) is -3.69. The molecule has 0 aromatic rings. The van der Waals surface area contributed by atoms with Crippen LogP contribution in [0.25, 0.3) is 0 Å². The topological polar surface area (TPSA) is 199 Å². The predicted molar refractivity (Wildman–Crippen MR) is 77.2 cm³/mol. The van der Waals surface area contributed by atoms with Crippen LogP contribution in [0.5, 0.6) is 0 Å². The Morgan fingerprint density at radius 2 is 1.68 bits per heavy atom. The van der Waals surface area contributed by atoms with Gasteiger partial charge in [-0.25, -0.2) is 0 Å². The lowest BCUT2D eigenvalue weighted by molar-refractivity contribution is -0.455. The van der Waals surface area contributed by atoms with Crippen LogP contribution in [0.3, 0.4) is 0 Å². The molecule has 0 aromatic carbocycles. The Balaban J connectivity index is 2.24. The molecule has 9 atom stereocenters. The minimum absolute atomic E-state index is 0.597. The van der Waals surface area contributed by atoms with Gasteiger partial charge in [-0.05, 0) is 0 Å². The maximum Gasteiger partial charge on any atom is 0.446 e. The molecule has 12 nitrogen and oxygen atoms in total. The molecule has 9 unspecified atom stereocenters. The molecule has 28 heavy (non-hydrogen) atoms. The van der Waals surface area contributed by atoms with Crippen molar-refractivity contribution in [2.75, 3.05) is 19.8 Å². The number of aliphatic hydroxyl groups excluding tert-OH is 5. The van der Waals surface area contributed by atoms with Crippen LogP contribution in [0.15, 0.2) is 5.18 Å². The molecule has 0 radical (unpaired) electrons. The second-order valence-electron chi connectivity index (χ2n) is 6.49. The van der Waals surface area contributed by atoms with Gasteiger partial charge in [0.05, 0.1) is 6.61 Å². The van der Waals surface area contributed by atoms with Crippen LogP contribution in [0, 0.1) is 4.91 Å². The Bertz CT molecular complexity index is 566. The standard InChI is InChI=1S/C13H20F3NO11/c14-13(15,16)12(24)10(22)7(20)8(5(2-18)27-12)28-11(23)3-26-4(1-17-25)6(19)9(11)21/h4-10,18-24H,1-3H2. The van der Waals surface area contributed by atoms with E-state index in [1.165, 1.54) is 0 Å². The zero-order valence-electron chi connectivity index (χ0n) is 14.0. The Kier molecular flexibility index (Phi) is 6.66. The normalized spacial score (nSPS) is 47.7. The van der Waals surface area contributed by atoms with Gasteiger partial charge in [0.25, 0.3) is 5.79 Å². The summed E-state index contributed by atoms with van der Waals surface area (Å²) in [5, 5.41) is 71.3. The van der Waals surface area contributed by atoms with Gasteiger partial charge in [0.15, 0.2) is 0 Å². The minimum atomic E-state index is -5.57. The van der Waals surface area contributed by atoms with E-state index in [4.69, 9.17) is 9.47 Å². The highest BCUT2D eigenvalue weighted by atomic mass is 19.4. The zero-order valence-corrected chi connectivity index (χ0v) is 14.0. The van der Waals surface area contributed by atoms with Gasteiger partial charge in [0.1, 0.15) is 55.9 Å². The fraction of sp³-hybridized carbons (Fsp3) is 1.00. The van der Waals surface area contributed by atoms with Gasteiger partial charge in [-0.1, -0.05) is 5.18 Å². The van der Waals surface area contributed by atoms with Crippen molar-refractivity contribution in [3.63, 3.8) is 0 Å². The molecule has 2 aliphatic rings. The second kappa shape index (κ2) is 8.02. The minimum Gasteiger partial charge on any atom is -0.394 e. The highest BCUT2D eigenvalue weighted by Crippen LogP contribution is 2.42. The summed E-state index contributed by atoms with van der Waals surface area (Å²) in [7, 11) is 0. The van der Waals surface area contributed by atoms with E-state index < -0.39 is 80.2 Å². The molecule has 2 fully saturated rings. The highest BCUT2D eigenvalue weighted by Gasteiger charge is 2.68. The number of hydrogen-bond donors (Lipinski definition) is 7. The maximum absolute atomic E-state index is 13.0. The van der Waals surface area contributed by atoms with E-state index in [0.29, 0.717) is 0 Å². The van der Waals surface area contributed by atoms with Gasteiger partial charge in [-0.2, -0.15) is 18.1 Å². The van der Waals surface area contributed by atoms with Crippen molar-refractivity contribution in [1.82, 2.24) is 0 Å². The van der Waals surface area contributed by atoms with Gasteiger partial charge in [0, 0.05) is 0 Å². The van der Waals surface area contributed by atoms with E-state index in [1.54, 1.807) is 0 Å². The molecule has 0 amide bonds. The van der Waals surface area contributed by atoms with Crippen molar-refractivity contribution in [1.29, 1.82) is 0 Å². The van der Waals surface area contributed by atoms with Crippen molar-refractivity contribution in [2.24, 2.45) is 5.18 Å². The summed E-state index contributed by atoms with van der Waals surface area (Å²) in [5.74, 6) is -7.08. The summed E-state index contributed by atoms with van der Waals surface area (Å²) in [6.07, 6.45) is -20.8. The first-order chi connectivity index (χ1) is 12.8. The van der Waals surface area contributed by atoms with Crippen LogP contribution in [-0.2, 0) is 14.2 Å². The van der Waals surface area contributed by atoms with E-state index in [1.807, 2.05) is 0 Å². The van der Waals surface area contributed by atoms with Crippen LogP contribution in [0.4, 0.5) is 13.2 Å². The fourth-order valence-corrected chi connectivity index (χ4v) is 2.97. The largest absolute Gasteiger partial charge is 0.446 e. The van der Waals surface area contributed by atoms with Gasteiger partial charge >= 0.3 is 6.18 Å². The lowest BCUT2D eigenvalue weighted by atomic mass is 9.90. The van der Waals surface area contributed by atoms with E-state index in [0.717, 1.165) is 0 Å². The van der Waals surface area contributed by atoms with Crippen molar-refractivity contribution in [3.05, 3.63) is 4.91 Å². The third-order valence-corrected chi connectivity index (χ3v) is 4.61. The lowest BCUT2D eigenvalue weighted by Gasteiger charge is -2.50. The molecular formula is C13H20F3NO11. The second-order valence-corrected chi connectivity index (χ2v) is 6.49. The summed E-state index contributed by atoms with van der Waals surface area (Å²) in [6, 6.07) is 0.